The van der Waals surface area contributed by atoms with E-state index in [0.717, 1.165) is 5.76 Å². The van der Waals surface area contributed by atoms with E-state index in [-0.39, 0.29) is 22.9 Å². The molecule has 2 aromatic heterocycles. The molecule has 2 heterocycles. The maximum atomic E-state index is 12.8. The minimum absolute atomic E-state index is 0.0341. The summed E-state index contributed by atoms with van der Waals surface area (Å²) >= 11 is 1.39. The highest BCUT2D eigenvalue weighted by Gasteiger charge is 2.23. The molecule has 31 heavy (non-hydrogen) atoms. The van der Waals surface area contributed by atoms with E-state index in [0.29, 0.717) is 35.3 Å². The summed E-state index contributed by atoms with van der Waals surface area (Å²) in [7, 11) is -2.20. The van der Waals surface area contributed by atoms with E-state index < -0.39 is 10.0 Å². The number of thiazole rings is 1. The quantitative estimate of drug-likeness (QED) is 0.516. The molecule has 1 amide bonds. The number of ether oxygens (including phenoxy) is 1. The summed E-state index contributed by atoms with van der Waals surface area (Å²) in [6, 6.07) is 8.12. The first-order valence-corrected chi connectivity index (χ1v) is 12.1. The van der Waals surface area contributed by atoms with Crippen molar-refractivity contribution in [2.24, 2.45) is 0 Å². The number of nitrogens with one attached hydrogen (secondary N) is 1. The number of carbonyl (C=O) groups is 1. The number of methoxy groups -OCH3 is 1. The Morgan fingerprint density at radius 1 is 1.23 bits per heavy atom. The van der Waals surface area contributed by atoms with Gasteiger partial charge in [-0.3, -0.25) is 4.79 Å². The van der Waals surface area contributed by atoms with Gasteiger partial charge in [0.25, 0.3) is 0 Å². The second kappa shape index (κ2) is 9.63. The number of hydrogen-bond acceptors (Lipinski definition) is 7. The molecule has 0 saturated heterocycles. The molecule has 3 rings (SSSR count). The lowest BCUT2D eigenvalue weighted by Crippen LogP contribution is -2.30. The van der Waals surface area contributed by atoms with E-state index in [4.69, 9.17) is 9.15 Å². The number of sulfonamides is 1. The fourth-order valence-corrected chi connectivity index (χ4v) is 5.33. The summed E-state index contributed by atoms with van der Waals surface area (Å²) in [5.41, 5.74) is 0.885. The predicted molar refractivity (Wildman–Crippen MR) is 120 cm³/mol. The van der Waals surface area contributed by atoms with Crippen LogP contribution in [0.2, 0.25) is 0 Å². The van der Waals surface area contributed by atoms with Crippen LogP contribution in [0.4, 0.5) is 5.69 Å². The summed E-state index contributed by atoms with van der Waals surface area (Å²) in [4.78, 5) is 17.2. The van der Waals surface area contributed by atoms with E-state index in [1.165, 1.54) is 41.0 Å². The van der Waals surface area contributed by atoms with Crippen LogP contribution in [0.1, 0.15) is 25.3 Å². The Balaban J connectivity index is 1.78. The second-order valence-corrected chi connectivity index (χ2v) is 9.53. The number of nitrogens with zero attached hydrogens (tertiary/aromatic N) is 2. The number of anilines is 1. The van der Waals surface area contributed by atoms with Gasteiger partial charge in [0.15, 0.2) is 10.8 Å². The molecule has 0 saturated carbocycles. The zero-order valence-corrected chi connectivity index (χ0v) is 19.5. The number of furan rings is 1. The molecular formula is C21H25N3O5S2. The third-order valence-electron chi connectivity index (χ3n) is 4.63. The maximum absolute atomic E-state index is 12.8. The van der Waals surface area contributed by atoms with Crippen molar-refractivity contribution >= 4 is 33.0 Å². The normalized spacial score (nSPS) is 11.6. The molecule has 0 atom stereocenters. The smallest absolute Gasteiger partial charge is 0.243 e. The topological polar surface area (TPSA) is 102 Å². The first kappa shape index (κ1) is 23.0. The van der Waals surface area contributed by atoms with Gasteiger partial charge < -0.3 is 14.5 Å². The van der Waals surface area contributed by atoms with E-state index in [2.05, 4.69) is 10.3 Å². The summed E-state index contributed by atoms with van der Waals surface area (Å²) in [6.07, 6.45) is 0.0341. The van der Waals surface area contributed by atoms with Gasteiger partial charge in [0.2, 0.25) is 15.9 Å². The van der Waals surface area contributed by atoms with Crippen LogP contribution < -0.4 is 10.1 Å². The van der Waals surface area contributed by atoms with Crippen LogP contribution in [-0.2, 0) is 21.2 Å². The van der Waals surface area contributed by atoms with Gasteiger partial charge in [-0.25, -0.2) is 13.4 Å². The van der Waals surface area contributed by atoms with Gasteiger partial charge in [-0.2, -0.15) is 4.31 Å². The zero-order valence-electron chi connectivity index (χ0n) is 17.8. The van der Waals surface area contributed by atoms with Crippen LogP contribution in [0, 0.1) is 6.92 Å². The Labute approximate surface area is 185 Å². The lowest BCUT2D eigenvalue weighted by Gasteiger charge is -2.19. The molecule has 8 nitrogen and oxygen atoms in total. The van der Waals surface area contributed by atoms with Crippen molar-refractivity contribution in [3.8, 4) is 16.5 Å². The van der Waals surface area contributed by atoms with Crippen molar-refractivity contribution in [3.05, 3.63) is 47.2 Å². The van der Waals surface area contributed by atoms with E-state index in [1.807, 2.05) is 19.1 Å². The molecule has 0 aliphatic heterocycles. The van der Waals surface area contributed by atoms with Crippen LogP contribution >= 0.6 is 11.3 Å². The van der Waals surface area contributed by atoms with Crippen LogP contribution in [0.3, 0.4) is 0 Å². The van der Waals surface area contributed by atoms with Crippen LogP contribution in [-0.4, -0.2) is 43.8 Å². The number of benzene rings is 1. The van der Waals surface area contributed by atoms with Crippen molar-refractivity contribution in [3.63, 3.8) is 0 Å². The van der Waals surface area contributed by atoms with Gasteiger partial charge >= 0.3 is 0 Å². The number of rotatable bonds is 9. The molecule has 0 spiro atoms. The molecule has 0 unspecified atom stereocenters. The number of carbonyl (C=O) groups excluding carboxylic acids is 1. The molecule has 3 aromatic rings. The minimum Gasteiger partial charge on any atom is -0.495 e. The number of aryl methyl sites for hydroxylation is 1. The number of hydrogen-bond donors (Lipinski definition) is 1. The molecule has 1 aromatic carbocycles. The van der Waals surface area contributed by atoms with Gasteiger partial charge in [-0.05, 0) is 37.3 Å². The fraction of sp³-hybridized carbons (Fsp3) is 0.333. The molecule has 0 aliphatic carbocycles. The number of aromatic nitrogens is 1. The maximum Gasteiger partial charge on any atom is 0.243 e. The zero-order chi connectivity index (χ0) is 22.6. The SMILES string of the molecule is CCN(CC)S(=O)(=O)c1ccc(OC)c(NC(=O)Cc2csc(-c3ccc(C)o3)n2)c1. The van der Waals surface area contributed by atoms with Crippen molar-refractivity contribution in [1.29, 1.82) is 0 Å². The Morgan fingerprint density at radius 3 is 2.58 bits per heavy atom. The molecule has 1 N–H and O–H groups in total. The fourth-order valence-electron chi connectivity index (χ4n) is 3.07. The van der Waals surface area contributed by atoms with E-state index in [9.17, 15) is 13.2 Å². The average molecular weight is 464 g/mol. The molecule has 0 aliphatic rings. The summed E-state index contributed by atoms with van der Waals surface area (Å²) < 4.78 is 37.8. The summed E-state index contributed by atoms with van der Waals surface area (Å²) in [5, 5.41) is 5.24. The monoisotopic (exact) mass is 463 g/mol. The van der Waals surface area contributed by atoms with Gasteiger partial charge in [0.05, 0.1) is 29.8 Å². The van der Waals surface area contributed by atoms with Crippen LogP contribution in [0.5, 0.6) is 5.75 Å². The van der Waals surface area contributed by atoms with E-state index >= 15 is 0 Å². The summed E-state index contributed by atoms with van der Waals surface area (Å²) in [6.45, 7) is 6.12. The Kier molecular flexibility index (Phi) is 7.14. The van der Waals surface area contributed by atoms with Crippen molar-refractivity contribution in [1.82, 2.24) is 9.29 Å². The first-order valence-electron chi connectivity index (χ1n) is 9.77. The van der Waals surface area contributed by atoms with Crippen LogP contribution in [0.15, 0.2) is 45.0 Å². The minimum atomic E-state index is -3.66. The average Bonchev–Trinajstić information content (AvgIpc) is 3.37. The molecule has 0 bridgehead atoms. The van der Waals surface area contributed by atoms with Crippen LogP contribution in [0.25, 0.3) is 10.8 Å². The molecule has 0 fully saturated rings. The largest absolute Gasteiger partial charge is 0.495 e. The van der Waals surface area contributed by atoms with Gasteiger partial charge in [-0.1, -0.05) is 13.8 Å². The number of amides is 1. The van der Waals surface area contributed by atoms with Crippen molar-refractivity contribution in [2.75, 3.05) is 25.5 Å². The standard InChI is InChI=1S/C21H25N3O5S2/c1-5-24(6-2)31(26,27)16-8-10-18(28-4)17(12-16)23-20(25)11-15-13-30-21(22-15)19-9-7-14(3)29-19/h7-10,12-13H,5-6,11H2,1-4H3,(H,23,25). The van der Waals surface area contributed by atoms with Gasteiger partial charge in [0, 0.05) is 18.5 Å². The summed E-state index contributed by atoms with van der Waals surface area (Å²) in [5.74, 6) is 1.49. The highest BCUT2D eigenvalue weighted by atomic mass is 32.2. The third-order valence-corrected chi connectivity index (χ3v) is 7.58. The van der Waals surface area contributed by atoms with Gasteiger partial charge in [-0.15, -0.1) is 11.3 Å². The highest BCUT2D eigenvalue weighted by Crippen LogP contribution is 2.30. The highest BCUT2D eigenvalue weighted by molar-refractivity contribution is 7.89. The molecule has 166 valence electrons. The molecular weight excluding hydrogens is 438 g/mol. The second-order valence-electron chi connectivity index (χ2n) is 6.73. The van der Waals surface area contributed by atoms with Crippen molar-refractivity contribution in [2.45, 2.75) is 32.1 Å². The lowest BCUT2D eigenvalue weighted by atomic mass is 10.2. The lowest BCUT2D eigenvalue weighted by molar-refractivity contribution is -0.115. The predicted octanol–water partition coefficient (Wildman–Crippen LogP) is 3.93. The van der Waals surface area contributed by atoms with Gasteiger partial charge in [0.1, 0.15) is 11.5 Å². The Hall–Kier alpha value is -2.69. The van der Waals surface area contributed by atoms with Crippen molar-refractivity contribution < 1.29 is 22.4 Å². The molecule has 10 heteroatoms. The molecule has 0 radical (unpaired) electrons. The van der Waals surface area contributed by atoms with E-state index in [1.54, 1.807) is 19.2 Å². The Bertz CT molecular complexity index is 1160. The first-order chi connectivity index (χ1) is 14.8. The Morgan fingerprint density at radius 2 is 1.97 bits per heavy atom. The third kappa shape index (κ3) is 5.15.